The number of aromatic nitrogens is 1. The summed E-state index contributed by atoms with van der Waals surface area (Å²) in [5.41, 5.74) is 3.95. The third kappa shape index (κ3) is 3.75. The number of benzene rings is 1. The molecule has 0 aliphatic rings. The Hall–Kier alpha value is -1.46. The molecule has 0 amide bonds. The van der Waals surface area contributed by atoms with Gasteiger partial charge in [0.2, 0.25) is 0 Å². The molecule has 0 fully saturated rings. The SMILES string of the molecule is COc1cc(C(C)NCCc2cscn2)ccc1F. The maximum absolute atomic E-state index is 13.3. The van der Waals surface area contributed by atoms with Gasteiger partial charge in [0, 0.05) is 24.4 Å². The molecule has 1 aromatic heterocycles. The third-order valence-electron chi connectivity index (χ3n) is 2.99. The van der Waals surface area contributed by atoms with E-state index in [4.69, 9.17) is 4.74 Å². The Morgan fingerprint density at radius 1 is 1.47 bits per heavy atom. The summed E-state index contributed by atoms with van der Waals surface area (Å²) in [6.45, 7) is 2.89. The molecule has 102 valence electrons. The number of hydrogen-bond acceptors (Lipinski definition) is 4. The van der Waals surface area contributed by atoms with E-state index in [0.717, 1.165) is 24.2 Å². The quantitative estimate of drug-likeness (QED) is 0.882. The Kier molecular flexibility index (Phi) is 4.87. The smallest absolute Gasteiger partial charge is 0.165 e. The van der Waals surface area contributed by atoms with E-state index in [1.165, 1.54) is 13.2 Å². The van der Waals surface area contributed by atoms with Crippen LogP contribution in [0.25, 0.3) is 0 Å². The van der Waals surface area contributed by atoms with Crippen molar-refractivity contribution < 1.29 is 9.13 Å². The number of nitrogens with zero attached hydrogens (tertiary/aromatic N) is 1. The number of rotatable bonds is 6. The van der Waals surface area contributed by atoms with E-state index in [1.807, 2.05) is 17.8 Å². The van der Waals surface area contributed by atoms with Crippen molar-refractivity contribution in [3.63, 3.8) is 0 Å². The summed E-state index contributed by atoms with van der Waals surface area (Å²) in [4.78, 5) is 4.23. The Bertz CT molecular complexity index is 516. The Morgan fingerprint density at radius 2 is 2.32 bits per heavy atom. The molecule has 1 heterocycles. The molecule has 2 aromatic rings. The van der Waals surface area contributed by atoms with Crippen LogP contribution in [0.4, 0.5) is 4.39 Å². The Balaban J connectivity index is 1.90. The van der Waals surface area contributed by atoms with Crippen molar-refractivity contribution >= 4 is 11.3 Å². The van der Waals surface area contributed by atoms with Gasteiger partial charge in [0.1, 0.15) is 0 Å². The van der Waals surface area contributed by atoms with Gasteiger partial charge in [-0.15, -0.1) is 11.3 Å². The number of thiazole rings is 1. The summed E-state index contributed by atoms with van der Waals surface area (Å²) in [6.07, 6.45) is 0.895. The molecule has 0 saturated heterocycles. The summed E-state index contributed by atoms with van der Waals surface area (Å²) >= 11 is 1.60. The van der Waals surface area contributed by atoms with E-state index in [1.54, 1.807) is 23.5 Å². The van der Waals surface area contributed by atoms with Gasteiger partial charge in [-0.05, 0) is 24.6 Å². The highest BCUT2D eigenvalue weighted by Crippen LogP contribution is 2.22. The molecular formula is C14H17FN2OS. The Labute approximate surface area is 116 Å². The van der Waals surface area contributed by atoms with Crippen molar-refractivity contribution in [2.75, 3.05) is 13.7 Å². The minimum absolute atomic E-state index is 0.146. The van der Waals surface area contributed by atoms with Crippen LogP contribution in [0.1, 0.15) is 24.2 Å². The standard InChI is InChI=1S/C14H17FN2OS/c1-10(16-6-5-12-8-19-9-17-12)11-3-4-13(15)14(7-11)18-2/h3-4,7-10,16H,5-6H2,1-2H3. The van der Waals surface area contributed by atoms with Gasteiger partial charge in [0.05, 0.1) is 18.3 Å². The molecule has 19 heavy (non-hydrogen) atoms. The summed E-state index contributed by atoms with van der Waals surface area (Å²) in [6, 6.07) is 5.09. The van der Waals surface area contributed by atoms with Crippen LogP contribution in [-0.4, -0.2) is 18.6 Å². The molecule has 1 aromatic carbocycles. The highest BCUT2D eigenvalue weighted by atomic mass is 32.1. The predicted octanol–water partition coefficient (Wildman–Crippen LogP) is 3.18. The minimum Gasteiger partial charge on any atom is -0.494 e. The van der Waals surface area contributed by atoms with Crippen LogP contribution in [0.5, 0.6) is 5.75 Å². The molecule has 3 nitrogen and oxygen atoms in total. The van der Waals surface area contributed by atoms with Gasteiger partial charge >= 0.3 is 0 Å². The molecule has 0 aliphatic heterocycles. The lowest BCUT2D eigenvalue weighted by atomic mass is 10.1. The molecule has 5 heteroatoms. The molecule has 1 N–H and O–H groups in total. The molecule has 0 radical (unpaired) electrons. The molecule has 1 unspecified atom stereocenters. The lowest BCUT2D eigenvalue weighted by Crippen LogP contribution is -2.21. The molecule has 1 atom stereocenters. The zero-order chi connectivity index (χ0) is 13.7. The maximum atomic E-state index is 13.3. The Morgan fingerprint density at radius 3 is 3.00 bits per heavy atom. The normalized spacial score (nSPS) is 12.4. The van der Waals surface area contributed by atoms with Crippen molar-refractivity contribution in [1.82, 2.24) is 10.3 Å². The monoisotopic (exact) mass is 280 g/mol. The highest BCUT2D eigenvalue weighted by molar-refractivity contribution is 7.07. The fourth-order valence-electron chi connectivity index (χ4n) is 1.84. The number of halogens is 1. The average Bonchev–Trinajstić information content (AvgIpc) is 2.92. The largest absolute Gasteiger partial charge is 0.494 e. The summed E-state index contributed by atoms with van der Waals surface area (Å²) in [7, 11) is 1.47. The second-order valence-corrected chi connectivity index (χ2v) is 5.02. The lowest BCUT2D eigenvalue weighted by molar-refractivity contribution is 0.385. The first-order valence-electron chi connectivity index (χ1n) is 6.14. The van der Waals surface area contributed by atoms with Crippen molar-refractivity contribution in [1.29, 1.82) is 0 Å². The van der Waals surface area contributed by atoms with E-state index < -0.39 is 0 Å². The molecule has 0 spiro atoms. The zero-order valence-corrected chi connectivity index (χ0v) is 11.8. The van der Waals surface area contributed by atoms with Gasteiger partial charge in [-0.3, -0.25) is 0 Å². The second-order valence-electron chi connectivity index (χ2n) is 4.30. The zero-order valence-electron chi connectivity index (χ0n) is 11.0. The summed E-state index contributed by atoms with van der Waals surface area (Å²) in [5.74, 6) is -0.0495. The van der Waals surface area contributed by atoms with Crippen molar-refractivity contribution in [2.24, 2.45) is 0 Å². The van der Waals surface area contributed by atoms with Crippen LogP contribution in [0.3, 0.4) is 0 Å². The number of methoxy groups -OCH3 is 1. The maximum Gasteiger partial charge on any atom is 0.165 e. The van der Waals surface area contributed by atoms with Crippen LogP contribution >= 0.6 is 11.3 Å². The van der Waals surface area contributed by atoms with E-state index in [9.17, 15) is 4.39 Å². The van der Waals surface area contributed by atoms with Gasteiger partial charge in [-0.2, -0.15) is 0 Å². The number of nitrogens with one attached hydrogen (secondary N) is 1. The number of hydrogen-bond donors (Lipinski definition) is 1. The molecular weight excluding hydrogens is 263 g/mol. The van der Waals surface area contributed by atoms with Gasteiger partial charge in [0.15, 0.2) is 11.6 Å². The molecule has 0 saturated carbocycles. The van der Waals surface area contributed by atoms with Crippen LogP contribution in [0.15, 0.2) is 29.1 Å². The van der Waals surface area contributed by atoms with Crippen LogP contribution in [0, 0.1) is 5.82 Å². The number of ether oxygens (including phenoxy) is 1. The topological polar surface area (TPSA) is 34.1 Å². The summed E-state index contributed by atoms with van der Waals surface area (Å²) < 4.78 is 18.3. The first-order chi connectivity index (χ1) is 9.20. The molecule has 2 rings (SSSR count). The van der Waals surface area contributed by atoms with E-state index in [2.05, 4.69) is 10.3 Å². The van der Waals surface area contributed by atoms with E-state index in [-0.39, 0.29) is 17.6 Å². The minimum atomic E-state index is -0.332. The van der Waals surface area contributed by atoms with Gasteiger partial charge in [0.25, 0.3) is 0 Å². The average molecular weight is 280 g/mol. The lowest BCUT2D eigenvalue weighted by Gasteiger charge is -2.15. The van der Waals surface area contributed by atoms with Crippen LogP contribution in [0.2, 0.25) is 0 Å². The van der Waals surface area contributed by atoms with Gasteiger partial charge in [-0.1, -0.05) is 6.07 Å². The van der Waals surface area contributed by atoms with Crippen LogP contribution in [-0.2, 0) is 6.42 Å². The van der Waals surface area contributed by atoms with Gasteiger partial charge < -0.3 is 10.1 Å². The molecule has 0 aliphatic carbocycles. The van der Waals surface area contributed by atoms with Crippen LogP contribution < -0.4 is 10.1 Å². The van der Waals surface area contributed by atoms with Crippen molar-refractivity contribution in [3.8, 4) is 5.75 Å². The fourth-order valence-corrected chi connectivity index (χ4v) is 2.43. The third-order valence-corrected chi connectivity index (χ3v) is 3.63. The van der Waals surface area contributed by atoms with E-state index in [0.29, 0.717) is 0 Å². The summed E-state index contributed by atoms with van der Waals surface area (Å²) in [5, 5.41) is 5.44. The van der Waals surface area contributed by atoms with E-state index >= 15 is 0 Å². The first kappa shape index (κ1) is 14.0. The van der Waals surface area contributed by atoms with Crippen molar-refractivity contribution in [2.45, 2.75) is 19.4 Å². The fraction of sp³-hybridized carbons (Fsp3) is 0.357. The van der Waals surface area contributed by atoms with Crippen molar-refractivity contribution in [3.05, 3.63) is 46.2 Å². The second kappa shape index (κ2) is 6.63. The predicted molar refractivity (Wildman–Crippen MR) is 75.2 cm³/mol. The molecule has 0 bridgehead atoms. The van der Waals surface area contributed by atoms with Gasteiger partial charge in [-0.25, -0.2) is 9.37 Å². The first-order valence-corrected chi connectivity index (χ1v) is 7.09. The highest BCUT2D eigenvalue weighted by Gasteiger charge is 2.09.